The molecule has 2 aliphatic rings. The van der Waals surface area contributed by atoms with Crippen molar-refractivity contribution in [2.75, 3.05) is 19.6 Å². The van der Waals surface area contributed by atoms with Crippen LogP contribution in [0, 0.1) is 11.3 Å². The number of hydrogen-bond donors (Lipinski definition) is 2. The first-order valence-electron chi connectivity index (χ1n) is 16.3. The Hall–Kier alpha value is -2.87. The standard InChI is InChI=1S/C36H45Cl2N3O4/c1-35(2,3)40-34(44)36(25-7-5-4-6-8-25)16-19-41(20-17-36)18-15-28(21-24-9-11-26(37)12-10-24)39-33(43)32-23-30(42)29-14-13-27(38)22-31(29)45-32/h9-14,22-23,25,28H,4-8,15-21H2,1-3H3,(H,39,43)(H,40,44)/t28-/m1/s1. The Morgan fingerprint density at radius 3 is 2.31 bits per heavy atom. The normalized spacial score (nSPS) is 18.4. The number of hydrogen-bond acceptors (Lipinski definition) is 5. The van der Waals surface area contributed by atoms with Gasteiger partial charge in [0.2, 0.25) is 5.91 Å². The number of amides is 2. The van der Waals surface area contributed by atoms with Crippen LogP contribution in [0.2, 0.25) is 10.0 Å². The highest BCUT2D eigenvalue weighted by molar-refractivity contribution is 6.31. The van der Waals surface area contributed by atoms with Crippen LogP contribution in [-0.2, 0) is 11.2 Å². The second-order valence-electron chi connectivity index (χ2n) is 13.9. The van der Waals surface area contributed by atoms with E-state index in [0.717, 1.165) is 50.9 Å². The Balaban J connectivity index is 1.28. The minimum absolute atomic E-state index is 0.0454. The van der Waals surface area contributed by atoms with Crippen molar-refractivity contribution in [1.29, 1.82) is 0 Å². The number of halogens is 2. The minimum atomic E-state index is -0.443. The van der Waals surface area contributed by atoms with Crippen molar-refractivity contribution in [3.63, 3.8) is 0 Å². The van der Waals surface area contributed by atoms with E-state index < -0.39 is 5.91 Å². The van der Waals surface area contributed by atoms with Gasteiger partial charge in [0, 0.05) is 40.3 Å². The van der Waals surface area contributed by atoms with Crippen molar-refractivity contribution < 1.29 is 14.0 Å². The fourth-order valence-electron chi connectivity index (χ4n) is 7.08. The van der Waals surface area contributed by atoms with Crippen molar-refractivity contribution in [3.05, 3.63) is 80.1 Å². The van der Waals surface area contributed by atoms with Crippen molar-refractivity contribution in [2.45, 2.75) is 90.1 Å². The smallest absolute Gasteiger partial charge is 0.287 e. The Kier molecular flexibility index (Phi) is 10.6. The van der Waals surface area contributed by atoms with E-state index in [1.807, 2.05) is 24.3 Å². The number of nitrogens with one attached hydrogen (secondary N) is 2. The van der Waals surface area contributed by atoms with Gasteiger partial charge in [-0.1, -0.05) is 54.6 Å². The molecule has 1 aromatic heterocycles. The van der Waals surface area contributed by atoms with Crippen LogP contribution in [0.5, 0.6) is 0 Å². The zero-order chi connectivity index (χ0) is 32.2. The summed E-state index contributed by atoms with van der Waals surface area (Å²) >= 11 is 12.2. The molecule has 45 heavy (non-hydrogen) atoms. The SMILES string of the molecule is CC(C)(C)NC(=O)C1(C2CCCCC2)CCN(CC[C@H](Cc2ccc(Cl)cc2)NC(=O)c2cc(=O)c3ccc(Cl)cc3o2)CC1. The molecule has 0 spiro atoms. The second kappa shape index (κ2) is 14.3. The van der Waals surface area contributed by atoms with Crippen LogP contribution < -0.4 is 16.1 Å². The molecule has 1 saturated carbocycles. The zero-order valence-corrected chi connectivity index (χ0v) is 28.1. The Labute approximate surface area is 276 Å². The molecular weight excluding hydrogens is 609 g/mol. The molecule has 242 valence electrons. The van der Waals surface area contributed by atoms with Gasteiger partial charge in [-0.25, -0.2) is 0 Å². The van der Waals surface area contributed by atoms with Crippen LogP contribution in [0.25, 0.3) is 11.0 Å². The van der Waals surface area contributed by atoms with Gasteiger partial charge in [-0.2, -0.15) is 0 Å². The second-order valence-corrected chi connectivity index (χ2v) is 14.8. The van der Waals surface area contributed by atoms with Gasteiger partial charge in [-0.3, -0.25) is 14.4 Å². The predicted octanol–water partition coefficient (Wildman–Crippen LogP) is 7.41. The lowest BCUT2D eigenvalue weighted by atomic mass is 9.63. The van der Waals surface area contributed by atoms with Gasteiger partial charge in [0.05, 0.1) is 10.8 Å². The predicted molar refractivity (Wildman–Crippen MR) is 181 cm³/mol. The van der Waals surface area contributed by atoms with Crippen LogP contribution in [0.4, 0.5) is 0 Å². The van der Waals surface area contributed by atoms with E-state index >= 15 is 0 Å². The molecule has 0 radical (unpaired) electrons. The summed E-state index contributed by atoms with van der Waals surface area (Å²) in [5, 5.41) is 7.90. The molecule has 2 heterocycles. The lowest BCUT2D eigenvalue weighted by molar-refractivity contribution is -0.141. The summed E-state index contributed by atoms with van der Waals surface area (Å²) in [6.07, 6.45) is 8.91. The van der Waals surface area contributed by atoms with Crippen LogP contribution in [0.15, 0.2) is 57.7 Å². The molecule has 1 atom stereocenters. The molecule has 2 aromatic carbocycles. The van der Waals surface area contributed by atoms with Gasteiger partial charge in [0.15, 0.2) is 11.2 Å². The summed E-state index contributed by atoms with van der Waals surface area (Å²) in [5.74, 6) is 0.157. The number of rotatable bonds is 9. The molecule has 3 aromatic rings. The minimum Gasteiger partial charge on any atom is -0.451 e. The summed E-state index contributed by atoms with van der Waals surface area (Å²) in [6.45, 7) is 8.63. The highest BCUT2D eigenvalue weighted by Crippen LogP contribution is 2.46. The molecule has 1 aliphatic carbocycles. The summed E-state index contributed by atoms with van der Waals surface area (Å²) in [5.41, 5.74) is 0.444. The molecule has 2 amide bonds. The van der Waals surface area contributed by atoms with Gasteiger partial charge in [-0.15, -0.1) is 0 Å². The summed E-state index contributed by atoms with van der Waals surface area (Å²) in [7, 11) is 0. The highest BCUT2D eigenvalue weighted by Gasteiger charge is 2.48. The average molecular weight is 655 g/mol. The molecule has 9 heteroatoms. The maximum atomic E-state index is 13.8. The quantitative estimate of drug-likeness (QED) is 0.251. The fraction of sp³-hybridized carbons (Fsp3) is 0.528. The zero-order valence-electron chi connectivity index (χ0n) is 26.6. The van der Waals surface area contributed by atoms with E-state index in [4.69, 9.17) is 27.6 Å². The van der Waals surface area contributed by atoms with E-state index in [0.29, 0.717) is 34.2 Å². The topological polar surface area (TPSA) is 91.7 Å². The first kappa shape index (κ1) is 33.5. The van der Waals surface area contributed by atoms with Gasteiger partial charge >= 0.3 is 0 Å². The Bertz CT molecular complexity index is 1550. The molecular formula is C36H45Cl2N3O4. The van der Waals surface area contributed by atoms with E-state index in [1.165, 1.54) is 25.3 Å². The third kappa shape index (κ3) is 8.49. The van der Waals surface area contributed by atoms with Crippen molar-refractivity contribution in [3.8, 4) is 0 Å². The van der Waals surface area contributed by atoms with Crippen LogP contribution in [0.1, 0.15) is 88.3 Å². The van der Waals surface area contributed by atoms with E-state index in [2.05, 4.69) is 36.3 Å². The third-order valence-electron chi connectivity index (χ3n) is 9.52. The average Bonchev–Trinajstić information content (AvgIpc) is 3.00. The number of fused-ring (bicyclic) bond motifs is 1. The monoisotopic (exact) mass is 653 g/mol. The molecule has 1 aliphatic heterocycles. The molecule has 5 rings (SSSR count). The van der Waals surface area contributed by atoms with Gasteiger partial charge < -0.3 is 20.0 Å². The fourth-order valence-corrected chi connectivity index (χ4v) is 7.37. The Morgan fingerprint density at radius 2 is 1.64 bits per heavy atom. The van der Waals surface area contributed by atoms with Crippen LogP contribution in [0.3, 0.4) is 0 Å². The summed E-state index contributed by atoms with van der Waals surface area (Å²) < 4.78 is 5.82. The number of likely N-dealkylation sites (tertiary alicyclic amines) is 1. The van der Waals surface area contributed by atoms with Gasteiger partial charge in [-0.05, 0) is 108 Å². The molecule has 2 fully saturated rings. The number of piperidine rings is 1. The number of carbonyl (C=O) groups excluding carboxylic acids is 2. The highest BCUT2D eigenvalue weighted by atomic mass is 35.5. The van der Waals surface area contributed by atoms with E-state index in [1.54, 1.807) is 18.2 Å². The van der Waals surface area contributed by atoms with Gasteiger partial charge in [0.1, 0.15) is 5.58 Å². The van der Waals surface area contributed by atoms with Crippen molar-refractivity contribution in [1.82, 2.24) is 15.5 Å². The third-order valence-corrected chi connectivity index (χ3v) is 10.0. The van der Waals surface area contributed by atoms with E-state index in [9.17, 15) is 14.4 Å². The van der Waals surface area contributed by atoms with Crippen LogP contribution in [-0.4, -0.2) is 47.9 Å². The molecule has 7 nitrogen and oxygen atoms in total. The molecule has 0 bridgehead atoms. The lowest BCUT2D eigenvalue weighted by Crippen LogP contribution is -2.56. The van der Waals surface area contributed by atoms with Crippen LogP contribution >= 0.6 is 23.2 Å². The van der Waals surface area contributed by atoms with E-state index in [-0.39, 0.29) is 39.7 Å². The first-order valence-corrected chi connectivity index (χ1v) is 17.0. The summed E-state index contributed by atoms with van der Waals surface area (Å²) in [4.78, 5) is 42.4. The maximum absolute atomic E-state index is 13.8. The first-order chi connectivity index (χ1) is 21.4. The summed E-state index contributed by atoms with van der Waals surface area (Å²) in [6, 6.07) is 13.4. The van der Waals surface area contributed by atoms with Gasteiger partial charge in [0.25, 0.3) is 5.91 Å². The van der Waals surface area contributed by atoms with Crippen molar-refractivity contribution >= 4 is 46.0 Å². The number of benzene rings is 2. The Morgan fingerprint density at radius 1 is 0.978 bits per heavy atom. The molecule has 1 saturated heterocycles. The number of carbonyl (C=O) groups is 2. The van der Waals surface area contributed by atoms with Crippen molar-refractivity contribution in [2.24, 2.45) is 11.3 Å². The molecule has 2 N–H and O–H groups in total. The molecule has 0 unspecified atom stereocenters. The largest absolute Gasteiger partial charge is 0.451 e. The lowest BCUT2D eigenvalue weighted by Gasteiger charge is -2.47. The number of nitrogens with zero attached hydrogens (tertiary/aromatic N) is 1. The maximum Gasteiger partial charge on any atom is 0.287 e.